The second-order valence-electron chi connectivity index (χ2n) is 2.74. The summed E-state index contributed by atoms with van der Waals surface area (Å²) in [6.45, 7) is 0. The van der Waals surface area contributed by atoms with Crippen LogP contribution in [0.2, 0.25) is 0 Å². The van der Waals surface area contributed by atoms with Gasteiger partial charge in [0.2, 0.25) is 0 Å². The molecule has 2 heterocycles. The molecule has 0 bridgehead atoms. The fraction of sp³-hybridized carbons (Fsp3) is 0.125. The molecule has 0 aromatic carbocycles. The smallest absolute Gasteiger partial charge is 0.404 e. The number of nitrogens with zero attached hydrogens (tertiary/aromatic N) is 2. The van der Waals surface area contributed by atoms with Gasteiger partial charge in [0.25, 0.3) is 0 Å². The Morgan fingerprint density at radius 3 is 2.67 bits per heavy atom. The summed E-state index contributed by atoms with van der Waals surface area (Å²) in [6, 6.07) is 2.65. The number of halogens is 4. The van der Waals surface area contributed by atoms with Crippen molar-refractivity contribution in [3.8, 4) is 5.75 Å². The monoisotopic (exact) mass is 280 g/mol. The highest BCUT2D eigenvalue weighted by molar-refractivity contribution is 9.10. The maximum Gasteiger partial charge on any atom is 0.573 e. The first kappa shape index (κ1) is 10.3. The Labute approximate surface area is 90.6 Å². The van der Waals surface area contributed by atoms with Crippen LogP contribution in [0.5, 0.6) is 5.75 Å². The second-order valence-corrected chi connectivity index (χ2v) is 3.55. The van der Waals surface area contributed by atoms with Crippen molar-refractivity contribution in [3.05, 3.63) is 29.1 Å². The van der Waals surface area contributed by atoms with Crippen LogP contribution < -0.4 is 4.74 Å². The summed E-state index contributed by atoms with van der Waals surface area (Å²) in [4.78, 5) is 3.99. The Kier molecular flexibility index (Phi) is 2.34. The molecule has 0 aliphatic carbocycles. The Morgan fingerprint density at radius 1 is 1.27 bits per heavy atom. The highest BCUT2D eigenvalue weighted by Gasteiger charge is 2.31. The van der Waals surface area contributed by atoms with Crippen LogP contribution >= 0.6 is 15.9 Å². The first-order valence-electron chi connectivity index (χ1n) is 3.84. The summed E-state index contributed by atoms with van der Waals surface area (Å²) in [5, 5.41) is 0. The maximum absolute atomic E-state index is 11.9. The second kappa shape index (κ2) is 3.41. The van der Waals surface area contributed by atoms with Crippen molar-refractivity contribution in [1.29, 1.82) is 0 Å². The minimum Gasteiger partial charge on any atom is -0.404 e. The predicted octanol–water partition coefficient (Wildman–Crippen LogP) is 3.00. The van der Waals surface area contributed by atoms with E-state index < -0.39 is 6.36 Å². The van der Waals surface area contributed by atoms with Crippen LogP contribution in [-0.2, 0) is 0 Å². The Bertz CT molecular complexity index is 494. The SMILES string of the molecule is FC(F)(F)Oc1ccc2nc(Br)cn2c1. The van der Waals surface area contributed by atoms with Crippen molar-refractivity contribution in [2.75, 3.05) is 0 Å². The molecule has 2 aromatic rings. The van der Waals surface area contributed by atoms with E-state index in [1.807, 2.05) is 0 Å². The van der Waals surface area contributed by atoms with Gasteiger partial charge in [-0.15, -0.1) is 13.2 Å². The lowest BCUT2D eigenvalue weighted by atomic mass is 10.4. The summed E-state index contributed by atoms with van der Waals surface area (Å²) in [7, 11) is 0. The molecule has 2 rings (SSSR count). The fourth-order valence-corrected chi connectivity index (χ4v) is 1.54. The molecule has 80 valence electrons. The van der Waals surface area contributed by atoms with E-state index in [-0.39, 0.29) is 5.75 Å². The molecule has 3 nitrogen and oxygen atoms in total. The van der Waals surface area contributed by atoms with Crippen LogP contribution in [0.15, 0.2) is 29.1 Å². The van der Waals surface area contributed by atoms with Crippen LogP contribution in [0.3, 0.4) is 0 Å². The normalized spacial score (nSPS) is 12.0. The molecule has 0 aliphatic rings. The molecule has 0 unspecified atom stereocenters. The zero-order valence-electron chi connectivity index (χ0n) is 7.12. The first-order valence-corrected chi connectivity index (χ1v) is 4.63. The van der Waals surface area contributed by atoms with E-state index in [0.29, 0.717) is 10.3 Å². The van der Waals surface area contributed by atoms with E-state index in [4.69, 9.17) is 0 Å². The number of alkyl halides is 3. The Hall–Kier alpha value is -1.24. The van der Waals surface area contributed by atoms with Gasteiger partial charge in [-0.3, -0.25) is 0 Å². The van der Waals surface area contributed by atoms with Gasteiger partial charge in [-0.25, -0.2) is 4.98 Å². The number of pyridine rings is 1. The Balaban J connectivity index is 2.38. The molecule has 0 fully saturated rings. The quantitative estimate of drug-likeness (QED) is 0.803. The molecule has 7 heteroatoms. The summed E-state index contributed by atoms with van der Waals surface area (Å²) in [5.41, 5.74) is 0.538. The molecule has 0 aliphatic heterocycles. The molecule has 15 heavy (non-hydrogen) atoms. The lowest BCUT2D eigenvalue weighted by molar-refractivity contribution is -0.274. The topological polar surface area (TPSA) is 26.5 Å². The maximum atomic E-state index is 11.9. The van der Waals surface area contributed by atoms with E-state index >= 15 is 0 Å². The van der Waals surface area contributed by atoms with Crippen molar-refractivity contribution in [2.24, 2.45) is 0 Å². The summed E-state index contributed by atoms with van der Waals surface area (Å²) in [6.07, 6.45) is -1.93. The average Bonchev–Trinajstić information content (AvgIpc) is 2.40. The number of fused-ring (bicyclic) bond motifs is 1. The van der Waals surface area contributed by atoms with E-state index in [0.717, 1.165) is 0 Å². The average molecular weight is 281 g/mol. The minimum atomic E-state index is -4.68. The standard InChI is InChI=1S/C8H4BrF3N2O/c9-6-4-14-3-5(15-8(10,11)12)1-2-7(14)13-6/h1-4H. The van der Waals surface area contributed by atoms with Gasteiger partial charge in [0, 0.05) is 6.20 Å². The number of rotatable bonds is 1. The molecule has 2 aromatic heterocycles. The van der Waals surface area contributed by atoms with Crippen LogP contribution in [0.25, 0.3) is 5.65 Å². The lowest BCUT2D eigenvalue weighted by Gasteiger charge is -2.08. The number of aromatic nitrogens is 2. The molecule has 0 amide bonds. The summed E-state index contributed by atoms with van der Waals surface area (Å²) >= 11 is 3.12. The third-order valence-electron chi connectivity index (χ3n) is 1.63. The van der Waals surface area contributed by atoms with Gasteiger partial charge >= 0.3 is 6.36 Å². The molecule has 0 N–H and O–H groups in total. The van der Waals surface area contributed by atoms with Crippen LogP contribution in [-0.4, -0.2) is 15.7 Å². The van der Waals surface area contributed by atoms with Crippen molar-refractivity contribution in [1.82, 2.24) is 9.38 Å². The van der Waals surface area contributed by atoms with E-state index in [1.165, 1.54) is 22.7 Å². The third kappa shape index (κ3) is 2.41. The van der Waals surface area contributed by atoms with E-state index in [9.17, 15) is 13.2 Å². The van der Waals surface area contributed by atoms with Crippen LogP contribution in [0.1, 0.15) is 0 Å². The van der Waals surface area contributed by atoms with Gasteiger partial charge in [0.15, 0.2) is 0 Å². The van der Waals surface area contributed by atoms with Gasteiger partial charge in [0.1, 0.15) is 16.0 Å². The molecular formula is C8H4BrF3N2O. The molecule has 0 atom stereocenters. The Morgan fingerprint density at radius 2 is 2.00 bits per heavy atom. The molecule has 0 spiro atoms. The van der Waals surface area contributed by atoms with E-state index in [2.05, 4.69) is 25.7 Å². The van der Waals surface area contributed by atoms with Gasteiger partial charge in [-0.05, 0) is 28.1 Å². The van der Waals surface area contributed by atoms with Crippen molar-refractivity contribution in [2.45, 2.75) is 6.36 Å². The molecular weight excluding hydrogens is 277 g/mol. The third-order valence-corrected chi connectivity index (χ3v) is 2.01. The lowest BCUT2D eigenvalue weighted by Crippen LogP contribution is -2.17. The highest BCUT2D eigenvalue weighted by Crippen LogP contribution is 2.23. The van der Waals surface area contributed by atoms with Crippen LogP contribution in [0.4, 0.5) is 13.2 Å². The highest BCUT2D eigenvalue weighted by atomic mass is 79.9. The largest absolute Gasteiger partial charge is 0.573 e. The number of hydrogen-bond acceptors (Lipinski definition) is 2. The van der Waals surface area contributed by atoms with Gasteiger partial charge in [-0.2, -0.15) is 0 Å². The predicted molar refractivity (Wildman–Crippen MR) is 49.6 cm³/mol. The van der Waals surface area contributed by atoms with Gasteiger partial charge in [-0.1, -0.05) is 0 Å². The fourth-order valence-electron chi connectivity index (χ4n) is 1.13. The molecule has 0 radical (unpaired) electrons. The van der Waals surface area contributed by atoms with Crippen molar-refractivity contribution >= 4 is 21.6 Å². The molecule has 0 saturated heterocycles. The first-order chi connectivity index (χ1) is 6.94. The van der Waals surface area contributed by atoms with Crippen LogP contribution in [0, 0.1) is 0 Å². The minimum absolute atomic E-state index is 0.278. The number of ether oxygens (including phenoxy) is 1. The number of hydrogen-bond donors (Lipinski definition) is 0. The van der Waals surface area contributed by atoms with Crippen molar-refractivity contribution in [3.63, 3.8) is 0 Å². The van der Waals surface area contributed by atoms with E-state index in [1.54, 1.807) is 6.20 Å². The van der Waals surface area contributed by atoms with Crippen molar-refractivity contribution < 1.29 is 17.9 Å². The van der Waals surface area contributed by atoms with Gasteiger partial charge in [0.05, 0.1) is 6.20 Å². The number of imidazole rings is 1. The van der Waals surface area contributed by atoms with Gasteiger partial charge < -0.3 is 9.14 Å². The summed E-state index contributed by atoms with van der Waals surface area (Å²) in [5.74, 6) is -0.278. The summed E-state index contributed by atoms with van der Waals surface area (Å²) < 4.78 is 41.4. The molecule has 0 saturated carbocycles. The zero-order valence-corrected chi connectivity index (χ0v) is 8.71. The zero-order chi connectivity index (χ0) is 11.1.